The monoisotopic (exact) mass is 405 g/mol. The predicted molar refractivity (Wildman–Crippen MR) is 125 cm³/mol. The lowest BCUT2D eigenvalue weighted by Crippen LogP contribution is -2.43. The Bertz CT molecular complexity index is 561. The number of amides is 1. The van der Waals surface area contributed by atoms with E-state index in [1.165, 1.54) is 44.9 Å². The summed E-state index contributed by atoms with van der Waals surface area (Å²) < 4.78 is 6.29. The van der Waals surface area contributed by atoms with Crippen LogP contribution in [0.4, 0.5) is 5.69 Å². The molecule has 0 fully saturated rings. The third-order valence-electron chi connectivity index (χ3n) is 5.82. The molecular weight excluding hydrogens is 362 g/mol. The summed E-state index contributed by atoms with van der Waals surface area (Å²) in [6.45, 7) is 13.4. The SMILES string of the molecule is CCCCCCCCCCCC(=O)Nc1ccc(O[Si](C)(C)C(C)(C)C)cc1. The molecule has 0 unspecified atom stereocenters. The van der Waals surface area contributed by atoms with Crippen LogP contribution in [-0.2, 0) is 4.79 Å². The van der Waals surface area contributed by atoms with Gasteiger partial charge in [0.25, 0.3) is 0 Å². The molecule has 0 atom stereocenters. The van der Waals surface area contributed by atoms with Crippen LogP contribution in [0, 0.1) is 0 Å². The van der Waals surface area contributed by atoms with Gasteiger partial charge in [0.05, 0.1) is 0 Å². The first kappa shape index (κ1) is 24.7. The third kappa shape index (κ3) is 9.77. The minimum absolute atomic E-state index is 0.112. The molecule has 1 N–H and O–H groups in total. The zero-order valence-electron chi connectivity index (χ0n) is 19.2. The molecule has 0 aliphatic heterocycles. The Labute approximate surface area is 174 Å². The van der Waals surface area contributed by atoms with Crippen molar-refractivity contribution in [3.05, 3.63) is 24.3 Å². The van der Waals surface area contributed by atoms with Crippen molar-refractivity contribution in [2.45, 2.75) is 110 Å². The van der Waals surface area contributed by atoms with Crippen LogP contribution in [0.15, 0.2) is 24.3 Å². The lowest BCUT2D eigenvalue weighted by Gasteiger charge is -2.36. The van der Waals surface area contributed by atoms with Gasteiger partial charge in [-0.2, -0.15) is 0 Å². The van der Waals surface area contributed by atoms with Gasteiger partial charge in [-0.1, -0.05) is 79.1 Å². The summed E-state index contributed by atoms with van der Waals surface area (Å²) in [7, 11) is -1.82. The van der Waals surface area contributed by atoms with Gasteiger partial charge >= 0.3 is 0 Å². The first-order valence-electron chi connectivity index (χ1n) is 11.2. The summed E-state index contributed by atoms with van der Waals surface area (Å²) in [5, 5.41) is 3.18. The molecule has 0 aliphatic rings. The number of hydrogen-bond acceptors (Lipinski definition) is 2. The maximum atomic E-state index is 12.1. The molecule has 0 aromatic heterocycles. The second-order valence-electron chi connectivity index (χ2n) is 9.51. The van der Waals surface area contributed by atoms with Crippen molar-refractivity contribution in [2.24, 2.45) is 0 Å². The topological polar surface area (TPSA) is 38.3 Å². The predicted octanol–water partition coefficient (Wildman–Crippen LogP) is 7.93. The fraction of sp³-hybridized carbons (Fsp3) is 0.708. The Morgan fingerprint density at radius 1 is 0.893 bits per heavy atom. The van der Waals surface area contributed by atoms with Crippen molar-refractivity contribution in [1.82, 2.24) is 0 Å². The number of anilines is 1. The molecule has 0 spiro atoms. The van der Waals surface area contributed by atoms with Crippen molar-refractivity contribution in [3.8, 4) is 5.75 Å². The van der Waals surface area contributed by atoms with Crippen LogP contribution in [-0.4, -0.2) is 14.2 Å². The lowest BCUT2D eigenvalue weighted by molar-refractivity contribution is -0.116. The van der Waals surface area contributed by atoms with E-state index in [0.717, 1.165) is 24.3 Å². The molecule has 0 radical (unpaired) electrons. The van der Waals surface area contributed by atoms with Crippen LogP contribution < -0.4 is 9.74 Å². The molecule has 0 heterocycles. The Morgan fingerprint density at radius 3 is 1.89 bits per heavy atom. The van der Waals surface area contributed by atoms with E-state index in [0.29, 0.717) is 6.42 Å². The van der Waals surface area contributed by atoms with Gasteiger partial charge in [-0.05, 0) is 48.8 Å². The van der Waals surface area contributed by atoms with Crippen LogP contribution in [0.3, 0.4) is 0 Å². The highest BCUT2D eigenvalue weighted by atomic mass is 28.4. The molecule has 28 heavy (non-hydrogen) atoms. The van der Waals surface area contributed by atoms with Gasteiger partial charge in [0.2, 0.25) is 14.2 Å². The second-order valence-corrected chi connectivity index (χ2v) is 14.2. The van der Waals surface area contributed by atoms with E-state index in [4.69, 9.17) is 4.43 Å². The lowest BCUT2D eigenvalue weighted by atomic mass is 10.1. The highest BCUT2D eigenvalue weighted by molar-refractivity contribution is 6.74. The Balaban J connectivity index is 2.24. The summed E-state index contributed by atoms with van der Waals surface area (Å²) in [4.78, 5) is 12.1. The zero-order chi connectivity index (χ0) is 21.0. The van der Waals surface area contributed by atoms with Crippen LogP contribution in [0.2, 0.25) is 18.1 Å². The van der Waals surface area contributed by atoms with Crippen molar-refractivity contribution < 1.29 is 9.22 Å². The zero-order valence-corrected chi connectivity index (χ0v) is 20.2. The quantitative estimate of drug-likeness (QED) is 0.267. The van der Waals surface area contributed by atoms with Crippen molar-refractivity contribution in [3.63, 3.8) is 0 Å². The van der Waals surface area contributed by atoms with Crippen molar-refractivity contribution in [2.75, 3.05) is 5.32 Å². The summed E-state index contributed by atoms with van der Waals surface area (Å²) >= 11 is 0. The molecule has 0 saturated heterocycles. The molecule has 3 nitrogen and oxygen atoms in total. The van der Waals surface area contributed by atoms with Gasteiger partial charge in [-0.25, -0.2) is 0 Å². The number of carbonyl (C=O) groups is 1. The normalized spacial score (nSPS) is 12.1. The molecule has 1 rings (SSSR count). The molecule has 160 valence electrons. The van der Waals surface area contributed by atoms with E-state index in [1.807, 2.05) is 24.3 Å². The van der Waals surface area contributed by atoms with E-state index in [9.17, 15) is 4.79 Å². The number of benzene rings is 1. The summed E-state index contributed by atoms with van der Waals surface area (Å²) in [5.74, 6) is 1.00. The molecule has 1 aromatic carbocycles. The smallest absolute Gasteiger partial charge is 0.250 e. The van der Waals surface area contributed by atoms with Gasteiger partial charge in [-0.3, -0.25) is 4.79 Å². The highest BCUT2D eigenvalue weighted by Crippen LogP contribution is 2.37. The molecule has 0 bridgehead atoms. The number of nitrogens with one attached hydrogen (secondary N) is 1. The van der Waals surface area contributed by atoms with Crippen LogP contribution >= 0.6 is 0 Å². The van der Waals surface area contributed by atoms with Crippen LogP contribution in [0.1, 0.15) is 91.9 Å². The van der Waals surface area contributed by atoms with E-state index in [2.05, 4.69) is 46.1 Å². The first-order valence-corrected chi connectivity index (χ1v) is 14.2. The Morgan fingerprint density at radius 2 is 1.39 bits per heavy atom. The molecule has 1 amide bonds. The maximum Gasteiger partial charge on any atom is 0.250 e. The Hall–Kier alpha value is -1.29. The minimum Gasteiger partial charge on any atom is -0.544 e. The third-order valence-corrected chi connectivity index (χ3v) is 10.2. The fourth-order valence-electron chi connectivity index (χ4n) is 2.87. The number of unbranched alkanes of at least 4 members (excludes halogenated alkanes) is 8. The van der Waals surface area contributed by atoms with Crippen LogP contribution in [0.25, 0.3) is 0 Å². The van der Waals surface area contributed by atoms with Gasteiger partial charge in [0, 0.05) is 12.1 Å². The average molecular weight is 406 g/mol. The highest BCUT2D eigenvalue weighted by Gasteiger charge is 2.38. The maximum absolute atomic E-state index is 12.1. The number of hydrogen-bond donors (Lipinski definition) is 1. The van der Waals surface area contributed by atoms with Crippen LogP contribution in [0.5, 0.6) is 5.75 Å². The van der Waals surface area contributed by atoms with Gasteiger partial charge < -0.3 is 9.74 Å². The first-order chi connectivity index (χ1) is 13.2. The summed E-state index contributed by atoms with van der Waals surface area (Å²) in [6, 6.07) is 7.82. The second kappa shape index (κ2) is 12.3. The average Bonchev–Trinajstić information content (AvgIpc) is 2.61. The van der Waals surface area contributed by atoms with E-state index in [1.54, 1.807) is 0 Å². The van der Waals surface area contributed by atoms with Gasteiger partial charge in [0.1, 0.15) is 5.75 Å². The standard InChI is InChI=1S/C24H43NO2Si/c1-7-8-9-10-11-12-13-14-15-16-23(26)25-21-17-19-22(20-18-21)27-28(5,6)24(2,3)4/h17-20H,7-16H2,1-6H3,(H,25,26). The molecular formula is C24H43NO2Si. The summed E-state index contributed by atoms with van der Waals surface area (Å²) in [6.07, 6.45) is 12.1. The van der Waals surface area contributed by atoms with Crippen molar-refractivity contribution in [1.29, 1.82) is 0 Å². The van der Waals surface area contributed by atoms with Crippen molar-refractivity contribution >= 4 is 19.9 Å². The number of carbonyl (C=O) groups excluding carboxylic acids is 1. The van der Waals surface area contributed by atoms with E-state index >= 15 is 0 Å². The fourth-order valence-corrected chi connectivity index (χ4v) is 3.91. The molecule has 1 aromatic rings. The summed E-state index contributed by atoms with van der Waals surface area (Å²) in [5.41, 5.74) is 0.850. The van der Waals surface area contributed by atoms with E-state index < -0.39 is 8.32 Å². The minimum atomic E-state index is -1.82. The Kier molecular flexibility index (Phi) is 10.9. The number of rotatable bonds is 13. The van der Waals surface area contributed by atoms with Gasteiger partial charge in [-0.15, -0.1) is 0 Å². The molecule has 4 heteroatoms. The van der Waals surface area contributed by atoms with E-state index in [-0.39, 0.29) is 10.9 Å². The van der Waals surface area contributed by atoms with Gasteiger partial charge in [0.15, 0.2) is 0 Å². The molecule has 0 saturated carbocycles. The largest absolute Gasteiger partial charge is 0.544 e. The molecule has 0 aliphatic carbocycles.